The van der Waals surface area contributed by atoms with Gasteiger partial charge in [0.15, 0.2) is 6.10 Å². The zero-order valence-corrected chi connectivity index (χ0v) is 64.6. The summed E-state index contributed by atoms with van der Waals surface area (Å²) in [7, 11) is -9.81. The molecule has 0 aliphatic heterocycles. The zero-order chi connectivity index (χ0) is 73.7. The van der Waals surface area contributed by atoms with Crippen molar-refractivity contribution in [2.45, 2.75) is 309 Å². The van der Waals surface area contributed by atoms with Gasteiger partial charge in [-0.2, -0.15) is 0 Å². The fourth-order valence-electron chi connectivity index (χ4n) is 9.87. The van der Waals surface area contributed by atoms with Crippen LogP contribution in [0.2, 0.25) is 0 Å². The molecule has 4 N–H and O–H groups in total. The SMILES string of the molecule is CC/C=C\C/C=C\C/C=C\C/C=C\C/C=C\C/C=C\CCCCCCCCCCC(=O)OCC(O)COP(=O)(O)OCC(O)COP(=O)(O)OCC(COC(=O)CCCCCCC/C=C\C/C=C\C/C=C\C/C=C\CCCCC)OC(=O)CCCCCCCCC/C=C\C/C=C\C/C=C\CC. The number of rotatable bonds is 72. The Balaban J connectivity index is 4.65. The Morgan fingerprint density at radius 1 is 0.287 bits per heavy atom. The van der Waals surface area contributed by atoms with Crippen molar-refractivity contribution in [2.75, 3.05) is 39.6 Å². The summed E-state index contributed by atoms with van der Waals surface area (Å²) < 4.78 is 61.1. The molecule has 0 aromatic carbocycles. The standard InChI is InChI=1S/C83H138O16P2/c1-4-7-10-13-16-19-22-25-28-31-33-35-36-37-38-39-40-42-44-46-48-51-54-57-60-63-66-69-81(86)93-72-78(84)73-95-100(89,90)96-74-79(85)75-97-101(91,92)98-77-80(99-83(88)71-68-65-62-59-56-53-50-45-30-27-24-21-18-15-12-9-6-3)76-94-82(87)70-67-64-61-58-55-52-49-47-43-41-34-32-29-26-23-20-17-14-11-8-5-2/h7,9-10,12,16-21,25-30,33-35,37-38,40-42,47,49,78-80,84-85H,4-6,8,11,13-15,22-24,31-32,36,39,43-46,48,50-77H2,1-3H3,(H,89,90)(H,91,92)/b10-7-,12-9-,19-16-,20-17-,21-18-,28-25-,29-26-,30-27-,35-33-,38-37-,41-34-,42-40-,49-47-. The van der Waals surface area contributed by atoms with Crippen LogP contribution in [0.5, 0.6) is 0 Å². The highest BCUT2D eigenvalue weighted by Crippen LogP contribution is 2.45. The van der Waals surface area contributed by atoms with E-state index in [2.05, 4.69) is 179 Å². The summed E-state index contributed by atoms with van der Waals surface area (Å²) in [4.78, 5) is 58.7. The van der Waals surface area contributed by atoms with E-state index < -0.39 is 91.5 Å². The second-order valence-corrected chi connectivity index (χ2v) is 28.3. The first-order valence-electron chi connectivity index (χ1n) is 38.8. The Hall–Kier alpha value is -4.83. The monoisotopic (exact) mass is 1450 g/mol. The third-order valence-electron chi connectivity index (χ3n) is 15.7. The van der Waals surface area contributed by atoms with Gasteiger partial charge in [-0.3, -0.25) is 32.5 Å². The van der Waals surface area contributed by atoms with Gasteiger partial charge in [-0.25, -0.2) is 9.13 Å². The summed E-state index contributed by atoms with van der Waals surface area (Å²) >= 11 is 0. The van der Waals surface area contributed by atoms with Crippen molar-refractivity contribution in [1.29, 1.82) is 0 Å². The smallest absolute Gasteiger partial charge is 0.463 e. The predicted octanol–water partition coefficient (Wildman–Crippen LogP) is 22.6. The van der Waals surface area contributed by atoms with E-state index in [1.165, 1.54) is 44.9 Å². The molecular formula is C83H138O16P2. The number of aliphatic hydroxyl groups excluding tert-OH is 2. The van der Waals surface area contributed by atoms with Gasteiger partial charge in [-0.1, -0.05) is 281 Å². The van der Waals surface area contributed by atoms with Gasteiger partial charge in [-0.05, 0) is 148 Å². The molecule has 16 nitrogen and oxygen atoms in total. The Kier molecular flexibility index (Phi) is 71.3. The van der Waals surface area contributed by atoms with Crippen molar-refractivity contribution in [3.05, 3.63) is 158 Å². The van der Waals surface area contributed by atoms with Gasteiger partial charge in [0.05, 0.1) is 26.4 Å². The van der Waals surface area contributed by atoms with Crippen molar-refractivity contribution in [2.24, 2.45) is 0 Å². The van der Waals surface area contributed by atoms with Gasteiger partial charge in [0, 0.05) is 19.3 Å². The highest BCUT2D eigenvalue weighted by molar-refractivity contribution is 7.47. The zero-order valence-electron chi connectivity index (χ0n) is 62.8. The minimum absolute atomic E-state index is 0.0840. The topological polar surface area (TPSA) is 231 Å². The summed E-state index contributed by atoms with van der Waals surface area (Å²) in [5.41, 5.74) is 0. The number of aliphatic hydroxyl groups is 2. The fourth-order valence-corrected chi connectivity index (χ4v) is 11.5. The van der Waals surface area contributed by atoms with Gasteiger partial charge in [0.25, 0.3) is 0 Å². The minimum Gasteiger partial charge on any atom is -0.463 e. The van der Waals surface area contributed by atoms with E-state index in [-0.39, 0.29) is 19.3 Å². The molecule has 0 rings (SSSR count). The van der Waals surface area contributed by atoms with Gasteiger partial charge in [0.1, 0.15) is 25.4 Å². The van der Waals surface area contributed by atoms with Gasteiger partial charge in [0.2, 0.25) is 0 Å². The van der Waals surface area contributed by atoms with Crippen LogP contribution in [0.4, 0.5) is 0 Å². The van der Waals surface area contributed by atoms with Crippen LogP contribution in [0, 0.1) is 0 Å². The van der Waals surface area contributed by atoms with E-state index in [1.54, 1.807) is 0 Å². The molecule has 0 spiro atoms. The number of ether oxygens (including phenoxy) is 3. The Labute approximate surface area is 612 Å². The van der Waals surface area contributed by atoms with E-state index in [1.807, 2.05) is 0 Å². The number of carbonyl (C=O) groups excluding carboxylic acids is 3. The molecule has 101 heavy (non-hydrogen) atoms. The fraction of sp³-hybridized carbons (Fsp3) is 0.651. The lowest BCUT2D eigenvalue weighted by Gasteiger charge is -2.21. The summed E-state index contributed by atoms with van der Waals surface area (Å²) in [6, 6.07) is 0. The first-order chi connectivity index (χ1) is 49.2. The highest BCUT2D eigenvalue weighted by Gasteiger charge is 2.29. The number of allylic oxidation sites excluding steroid dienone is 26. The molecule has 0 aliphatic rings. The van der Waals surface area contributed by atoms with Crippen LogP contribution < -0.4 is 0 Å². The molecule has 576 valence electrons. The van der Waals surface area contributed by atoms with Crippen molar-refractivity contribution in [3.8, 4) is 0 Å². The van der Waals surface area contributed by atoms with E-state index in [0.717, 1.165) is 186 Å². The van der Waals surface area contributed by atoms with Crippen molar-refractivity contribution >= 4 is 33.6 Å². The average molecular weight is 1450 g/mol. The minimum atomic E-state index is -4.94. The molecule has 18 heteroatoms. The Bertz CT molecular complexity index is 2470. The maximum atomic E-state index is 13.0. The first kappa shape index (κ1) is 96.2. The third kappa shape index (κ3) is 76.1. The number of phosphoric acid groups is 2. The average Bonchev–Trinajstić information content (AvgIpc) is 0.974. The summed E-state index contributed by atoms with van der Waals surface area (Å²) in [5.74, 6) is -1.62. The number of esters is 3. The summed E-state index contributed by atoms with van der Waals surface area (Å²) in [5, 5.41) is 20.6. The molecule has 0 heterocycles. The molecule has 0 aliphatic carbocycles. The lowest BCUT2D eigenvalue weighted by atomic mass is 10.1. The van der Waals surface area contributed by atoms with E-state index in [0.29, 0.717) is 19.3 Å². The summed E-state index contributed by atoms with van der Waals surface area (Å²) in [6.45, 7) is 2.38. The molecule has 0 saturated carbocycles. The second kappa shape index (κ2) is 74.9. The van der Waals surface area contributed by atoms with E-state index in [9.17, 15) is 43.5 Å². The molecule has 0 aromatic rings. The van der Waals surface area contributed by atoms with E-state index >= 15 is 0 Å². The Morgan fingerprint density at radius 3 is 0.832 bits per heavy atom. The van der Waals surface area contributed by atoms with Crippen LogP contribution in [-0.2, 0) is 55.8 Å². The predicted molar refractivity (Wildman–Crippen MR) is 417 cm³/mol. The maximum absolute atomic E-state index is 13.0. The van der Waals surface area contributed by atoms with Crippen LogP contribution in [0.1, 0.15) is 290 Å². The molecule has 0 radical (unpaired) electrons. The van der Waals surface area contributed by atoms with E-state index in [4.69, 9.17) is 32.3 Å². The maximum Gasteiger partial charge on any atom is 0.472 e. The van der Waals surface area contributed by atoms with Crippen molar-refractivity contribution < 1.29 is 75.8 Å². The van der Waals surface area contributed by atoms with Crippen molar-refractivity contribution in [3.63, 3.8) is 0 Å². The molecule has 0 amide bonds. The molecule has 0 fully saturated rings. The largest absolute Gasteiger partial charge is 0.472 e. The molecular weight excluding hydrogens is 1310 g/mol. The van der Waals surface area contributed by atoms with Gasteiger partial charge in [-0.15, -0.1) is 0 Å². The molecule has 0 saturated heterocycles. The third-order valence-corrected chi connectivity index (χ3v) is 17.6. The van der Waals surface area contributed by atoms with Crippen LogP contribution in [0.3, 0.4) is 0 Å². The molecule has 5 unspecified atom stereocenters. The molecule has 5 atom stereocenters. The molecule has 0 aromatic heterocycles. The van der Waals surface area contributed by atoms with Crippen molar-refractivity contribution in [1.82, 2.24) is 0 Å². The van der Waals surface area contributed by atoms with Gasteiger partial charge >= 0.3 is 33.6 Å². The lowest BCUT2D eigenvalue weighted by molar-refractivity contribution is -0.161. The van der Waals surface area contributed by atoms with Gasteiger partial charge < -0.3 is 34.2 Å². The van der Waals surface area contributed by atoms with Crippen LogP contribution in [0.15, 0.2) is 158 Å². The number of carbonyl (C=O) groups is 3. The highest BCUT2D eigenvalue weighted by atomic mass is 31.2. The quantitative estimate of drug-likeness (QED) is 0.0146. The number of unbranched alkanes of at least 4 members (excludes halogenated alkanes) is 23. The normalized spacial score (nSPS) is 14.9. The van der Waals surface area contributed by atoms with Crippen LogP contribution in [-0.4, -0.2) is 95.9 Å². The lowest BCUT2D eigenvalue weighted by Crippen LogP contribution is -2.30. The Morgan fingerprint density at radius 2 is 0.525 bits per heavy atom. The first-order valence-corrected chi connectivity index (χ1v) is 41.8. The van der Waals surface area contributed by atoms with Crippen LogP contribution in [0.25, 0.3) is 0 Å². The number of hydrogen-bond donors (Lipinski definition) is 4. The number of phosphoric ester groups is 2. The summed E-state index contributed by atoms with van der Waals surface area (Å²) in [6.07, 6.45) is 92.8. The molecule has 0 bridgehead atoms. The second-order valence-electron chi connectivity index (χ2n) is 25.4. The number of hydrogen-bond acceptors (Lipinski definition) is 14. The van der Waals surface area contributed by atoms with Crippen LogP contribution >= 0.6 is 15.6 Å².